The van der Waals surface area contributed by atoms with Crippen LogP contribution in [-0.2, 0) is 9.59 Å². The van der Waals surface area contributed by atoms with Gasteiger partial charge in [-0.1, -0.05) is 15.9 Å². The monoisotopic (exact) mass is 427 g/mol. The third kappa shape index (κ3) is 6.99. The molecule has 1 aromatic rings. The van der Waals surface area contributed by atoms with Crippen LogP contribution in [-0.4, -0.2) is 48.1 Å². The van der Waals surface area contributed by atoms with Crippen molar-refractivity contribution in [1.29, 1.82) is 0 Å². The van der Waals surface area contributed by atoms with Crippen LogP contribution in [0.15, 0.2) is 33.6 Å². The molecule has 0 aromatic heterocycles. The van der Waals surface area contributed by atoms with Crippen LogP contribution in [0.25, 0.3) is 0 Å². The summed E-state index contributed by atoms with van der Waals surface area (Å²) >= 11 is 4.96. The molecular formula is C18H26BrN3O2S. The first-order chi connectivity index (χ1) is 12.0. The highest BCUT2D eigenvalue weighted by Gasteiger charge is 2.23. The fourth-order valence-electron chi connectivity index (χ4n) is 2.92. The van der Waals surface area contributed by atoms with Crippen molar-refractivity contribution in [3.8, 4) is 0 Å². The molecule has 0 radical (unpaired) electrons. The maximum atomic E-state index is 12.2. The molecule has 1 saturated heterocycles. The zero-order chi connectivity index (χ0) is 18.2. The van der Waals surface area contributed by atoms with E-state index in [0.29, 0.717) is 6.54 Å². The van der Waals surface area contributed by atoms with Crippen molar-refractivity contribution in [2.24, 2.45) is 11.7 Å². The van der Waals surface area contributed by atoms with Gasteiger partial charge in [0.05, 0.1) is 11.2 Å². The number of nitrogens with zero attached hydrogens (tertiary/aromatic N) is 1. The zero-order valence-corrected chi connectivity index (χ0v) is 16.9. The smallest absolute Gasteiger partial charge is 0.233 e. The van der Waals surface area contributed by atoms with Crippen molar-refractivity contribution < 1.29 is 9.59 Å². The van der Waals surface area contributed by atoms with Crippen molar-refractivity contribution in [1.82, 2.24) is 10.2 Å². The van der Waals surface area contributed by atoms with Gasteiger partial charge in [-0.15, -0.1) is 11.8 Å². The minimum Gasteiger partial charge on any atom is -0.369 e. The number of carbonyl (C=O) groups is 2. The summed E-state index contributed by atoms with van der Waals surface area (Å²) in [5, 5.41) is 2.87. The first-order valence-electron chi connectivity index (χ1n) is 8.67. The Hall–Kier alpha value is -1.05. The highest BCUT2D eigenvalue weighted by molar-refractivity contribution is 9.10. The summed E-state index contributed by atoms with van der Waals surface area (Å²) in [6.45, 7) is 5.22. The molecule has 3 N–H and O–H groups in total. The number of halogens is 1. The van der Waals surface area contributed by atoms with Crippen LogP contribution in [0, 0.1) is 5.92 Å². The van der Waals surface area contributed by atoms with Gasteiger partial charge in [0.25, 0.3) is 0 Å². The molecule has 1 aromatic carbocycles. The van der Waals surface area contributed by atoms with Gasteiger partial charge in [0, 0.05) is 22.5 Å². The molecule has 25 heavy (non-hydrogen) atoms. The predicted molar refractivity (Wildman–Crippen MR) is 105 cm³/mol. The van der Waals surface area contributed by atoms with Crippen LogP contribution in [0.2, 0.25) is 0 Å². The molecule has 0 bridgehead atoms. The van der Waals surface area contributed by atoms with E-state index in [2.05, 4.69) is 26.1 Å². The topological polar surface area (TPSA) is 75.4 Å². The first-order valence-corrected chi connectivity index (χ1v) is 10.3. The van der Waals surface area contributed by atoms with Gasteiger partial charge in [-0.3, -0.25) is 9.59 Å². The Morgan fingerprint density at radius 3 is 2.80 bits per heavy atom. The highest BCUT2D eigenvalue weighted by Crippen LogP contribution is 2.24. The lowest BCUT2D eigenvalue weighted by molar-refractivity contribution is -0.123. The number of hydrogen-bond donors (Lipinski definition) is 2. The van der Waals surface area contributed by atoms with E-state index in [1.165, 1.54) is 0 Å². The van der Waals surface area contributed by atoms with Gasteiger partial charge in [0.15, 0.2) is 0 Å². The van der Waals surface area contributed by atoms with Gasteiger partial charge < -0.3 is 16.0 Å². The molecule has 1 fully saturated rings. The molecule has 0 spiro atoms. The highest BCUT2D eigenvalue weighted by atomic mass is 79.9. The summed E-state index contributed by atoms with van der Waals surface area (Å²) in [5.41, 5.74) is 5.40. The van der Waals surface area contributed by atoms with E-state index in [9.17, 15) is 9.59 Å². The number of hydrogen-bond acceptors (Lipinski definition) is 4. The summed E-state index contributed by atoms with van der Waals surface area (Å²) in [6.07, 6.45) is 2.79. The molecule has 1 aliphatic rings. The fraction of sp³-hybridized carbons (Fsp3) is 0.556. The van der Waals surface area contributed by atoms with E-state index in [-0.39, 0.29) is 23.0 Å². The Kier molecular flexibility index (Phi) is 8.26. The van der Waals surface area contributed by atoms with E-state index in [4.69, 9.17) is 5.73 Å². The van der Waals surface area contributed by atoms with Gasteiger partial charge in [-0.25, -0.2) is 0 Å². The molecule has 5 nitrogen and oxygen atoms in total. The standard InChI is InChI=1S/C18H26BrN3O2S/c1-13(25-16-7-5-15(19)6-8-16)18(24)21-9-3-11-22-10-2-4-14(12-22)17(20)23/h5-8,13-14H,2-4,9-12H2,1H3,(H2,20,23)(H,21,24). The van der Waals surface area contributed by atoms with Crippen LogP contribution < -0.4 is 11.1 Å². The molecule has 2 amide bonds. The number of primary amides is 1. The molecule has 0 saturated carbocycles. The molecule has 138 valence electrons. The van der Waals surface area contributed by atoms with E-state index in [1.807, 2.05) is 31.2 Å². The van der Waals surface area contributed by atoms with Crippen molar-refractivity contribution in [3.63, 3.8) is 0 Å². The average molecular weight is 428 g/mol. The summed E-state index contributed by atoms with van der Waals surface area (Å²) in [7, 11) is 0. The molecule has 0 aliphatic carbocycles. The number of rotatable bonds is 8. The average Bonchev–Trinajstić information content (AvgIpc) is 2.60. The van der Waals surface area contributed by atoms with Crippen LogP contribution in [0.1, 0.15) is 26.2 Å². The van der Waals surface area contributed by atoms with Crippen molar-refractivity contribution in [2.45, 2.75) is 36.3 Å². The Morgan fingerprint density at radius 1 is 1.40 bits per heavy atom. The minimum absolute atomic E-state index is 0.0225. The maximum absolute atomic E-state index is 12.2. The molecule has 2 rings (SSSR count). The van der Waals surface area contributed by atoms with Gasteiger partial charge in [-0.2, -0.15) is 0 Å². The van der Waals surface area contributed by atoms with Crippen LogP contribution in [0.3, 0.4) is 0 Å². The number of amides is 2. The summed E-state index contributed by atoms with van der Waals surface area (Å²) < 4.78 is 1.03. The second-order valence-electron chi connectivity index (χ2n) is 6.40. The number of likely N-dealkylation sites (tertiary alicyclic amines) is 1. The quantitative estimate of drug-likeness (QED) is 0.493. The third-order valence-electron chi connectivity index (χ3n) is 4.35. The summed E-state index contributed by atoms with van der Waals surface area (Å²) in [5.74, 6) is -0.163. The van der Waals surface area contributed by atoms with Crippen molar-refractivity contribution in [2.75, 3.05) is 26.2 Å². The largest absolute Gasteiger partial charge is 0.369 e. The first kappa shape index (κ1) is 20.3. The Bertz CT molecular complexity index is 582. The number of benzene rings is 1. The Labute approximate surface area is 162 Å². The molecule has 7 heteroatoms. The lowest BCUT2D eigenvalue weighted by atomic mass is 9.97. The normalized spacial score (nSPS) is 19.4. The van der Waals surface area contributed by atoms with Crippen molar-refractivity contribution >= 4 is 39.5 Å². The SMILES string of the molecule is CC(Sc1ccc(Br)cc1)C(=O)NCCCN1CCCC(C(N)=O)C1. The van der Waals surface area contributed by atoms with Gasteiger partial charge >= 0.3 is 0 Å². The van der Waals surface area contributed by atoms with E-state index in [0.717, 1.165) is 48.3 Å². The zero-order valence-electron chi connectivity index (χ0n) is 14.5. The minimum atomic E-state index is -0.197. The maximum Gasteiger partial charge on any atom is 0.233 e. The predicted octanol–water partition coefficient (Wildman–Crippen LogP) is 2.63. The van der Waals surface area contributed by atoms with Crippen LogP contribution in [0.5, 0.6) is 0 Å². The number of nitrogens with two attached hydrogens (primary N) is 1. The summed E-state index contributed by atoms with van der Waals surface area (Å²) in [6, 6.07) is 7.96. The lowest BCUT2D eigenvalue weighted by Gasteiger charge is -2.31. The summed E-state index contributed by atoms with van der Waals surface area (Å²) in [4.78, 5) is 26.8. The molecule has 1 aliphatic heterocycles. The van der Waals surface area contributed by atoms with Gasteiger partial charge in [0.2, 0.25) is 11.8 Å². The van der Waals surface area contributed by atoms with Gasteiger partial charge in [-0.05, 0) is 63.5 Å². The number of carbonyl (C=O) groups excluding carboxylic acids is 2. The van der Waals surface area contributed by atoms with Crippen LogP contribution in [0.4, 0.5) is 0 Å². The molecule has 1 heterocycles. The number of thioether (sulfide) groups is 1. The molecular weight excluding hydrogens is 402 g/mol. The molecule has 2 unspecified atom stereocenters. The number of nitrogens with one attached hydrogen (secondary N) is 1. The number of piperidine rings is 1. The van der Waals surface area contributed by atoms with E-state index in [1.54, 1.807) is 11.8 Å². The lowest BCUT2D eigenvalue weighted by Crippen LogP contribution is -2.42. The Morgan fingerprint density at radius 2 is 2.12 bits per heavy atom. The van der Waals surface area contributed by atoms with Crippen molar-refractivity contribution in [3.05, 3.63) is 28.7 Å². The third-order valence-corrected chi connectivity index (χ3v) is 5.99. The van der Waals surface area contributed by atoms with E-state index < -0.39 is 0 Å². The fourth-order valence-corrected chi connectivity index (χ4v) is 4.08. The molecule has 2 atom stereocenters. The second kappa shape index (κ2) is 10.2. The van der Waals surface area contributed by atoms with E-state index >= 15 is 0 Å². The Balaban J connectivity index is 1.64. The van der Waals surface area contributed by atoms with Gasteiger partial charge in [0.1, 0.15) is 0 Å². The van der Waals surface area contributed by atoms with Crippen LogP contribution >= 0.6 is 27.7 Å². The second-order valence-corrected chi connectivity index (χ2v) is 8.73.